The number of aliphatic hydroxyl groups excluding tert-OH is 1. The largest absolute Gasteiger partial charge is 0.394 e. The van der Waals surface area contributed by atoms with Crippen LogP contribution in [0.1, 0.15) is 36.5 Å². The summed E-state index contributed by atoms with van der Waals surface area (Å²) in [6.45, 7) is 3.84. The van der Waals surface area contributed by atoms with Gasteiger partial charge in [-0.2, -0.15) is 0 Å². The molecule has 2 heterocycles. The number of pyridine rings is 1. The highest BCUT2D eigenvalue weighted by Crippen LogP contribution is 2.27. The van der Waals surface area contributed by atoms with Crippen LogP contribution in [0.25, 0.3) is 0 Å². The summed E-state index contributed by atoms with van der Waals surface area (Å²) in [6, 6.07) is 2.34. The Balaban J connectivity index is 2.25. The van der Waals surface area contributed by atoms with E-state index in [4.69, 9.17) is 0 Å². The molecule has 21 heavy (non-hydrogen) atoms. The Bertz CT molecular complexity index is 629. The van der Waals surface area contributed by atoms with Gasteiger partial charge in [0.1, 0.15) is 0 Å². The summed E-state index contributed by atoms with van der Waals surface area (Å²) in [7, 11) is 0. The number of nitrogens with one attached hydrogen (secondary N) is 1. The minimum atomic E-state index is -0.526. The van der Waals surface area contributed by atoms with Crippen LogP contribution in [0.15, 0.2) is 23.7 Å². The molecule has 7 nitrogen and oxygen atoms in total. The summed E-state index contributed by atoms with van der Waals surface area (Å²) < 4.78 is 0. The van der Waals surface area contributed by atoms with Crippen molar-refractivity contribution in [2.75, 3.05) is 11.9 Å². The van der Waals surface area contributed by atoms with Crippen molar-refractivity contribution in [2.45, 2.75) is 25.8 Å². The van der Waals surface area contributed by atoms with Gasteiger partial charge in [-0.25, -0.2) is 9.97 Å². The normalized spacial score (nSPS) is 12.4. The van der Waals surface area contributed by atoms with Gasteiger partial charge in [0.25, 0.3) is 0 Å². The van der Waals surface area contributed by atoms with E-state index in [1.54, 1.807) is 0 Å². The Morgan fingerprint density at radius 1 is 1.52 bits per heavy atom. The van der Waals surface area contributed by atoms with E-state index in [0.29, 0.717) is 11.6 Å². The van der Waals surface area contributed by atoms with Crippen molar-refractivity contribution in [1.82, 2.24) is 9.97 Å². The predicted octanol–water partition coefficient (Wildman–Crippen LogP) is 2.72. The van der Waals surface area contributed by atoms with Crippen LogP contribution in [0, 0.1) is 10.1 Å². The number of anilines is 1. The van der Waals surface area contributed by atoms with Crippen LogP contribution in [-0.2, 0) is 0 Å². The molecule has 0 aliphatic heterocycles. The second-order valence-corrected chi connectivity index (χ2v) is 5.66. The summed E-state index contributed by atoms with van der Waals surface area (Å²) in [5, 5.41) is 26.2. The highest BCUT2D eigenvalue weighted by atomic mass is 32.1. The van der Waals surface area contributed by atoms with Crippen molar-refractivity contribution in [3.05, 3.63) is 44.5 Å². The smallest absolute Gasteiger partial charge is 0.311 e. The minimum absolute atomic E-state index is 0.126. The Kier molecular flexibility index (Phi) is 4.81. The molecule has 8 heteroatoms. The first-order valence-electron chi connectivity index (χ1n) is 6.45. The first-order chi connectivity index (χ1) is 10.0. The molecule has 0 bridgehead atoms. The Morgan fingerprint density at radius 2 is 2.29 bits per heavy atom. The van der Waals surface area contributed by atoms with Gasteiger partial charge >= 0.3 is 5.69 Å². The van der Waals surface area contributed by atoms with E-state index < -0.39 is 11.0 Å². The van der Waals surface area contributed by atoms with E-state index in [0.717, 1.165) is 5.01 Å². The molecule has 2 aromatic heterocycles. The van der Waals surface area contributed by atoms with Crippen molar-refractivity contribution < 1.29 is 10.0 Å². The van der Waals surface area contributed by atoms with Crippen molar-refractivity contribution in [2.24, 2.45) is 0 Å². The lowest BCUT2D eigenvalue weighted by molar-refractivity contribution is -0.384. The third-order valence-corrected chi connectivity index (χ3v) is 4.03. The number of hydrogen-bond donors (Lipinski definition) is 2. The fourth-order valence-corrected chi connectivity index (χ4v) is 2.65. The molecule has 112 valence electrons. The zero-order valence-corrected chi connectivity index (χ0v) is 12.5. The molecule has 0 aromatic carbocycles. The quantitative estimate of drug-likeness (QED) is 0.628. The fraction of sp³-hybridized carbons (Fsp3) is 0.385. The summed E-state index contributed by atoms with van der Waals surface area (Å²) in [5.41, 5.74) is 0.529. The van der Waals surface area contributed by atoms with E-state index in [1.165, 1.54) is 29.7 Å². The molecule has 2 rings (SSSR count). The van der Waals surface area contributed by atoms with E-state index in [2.05, 4.69) is 15.3 Å². The van der Waals surface area contributed by atoms with Gasteiger partial charge in [0.05, 0.1) is 28.3 Å². The van der Waals surface area contributed by atoms with Crippen LogP contribution < -0.4 is 5.32 Å². The summed E-state index contributed by atoms with van der Waals surface area (Å²) >= 11 is 1.51. The highest BCUT2D eigenvalue weighted by Gasteiger charge is 2.21. The van der Waals surface area contributed by atoms with E-state index in [9.17, 15) is 15.2 Å². The number of hydrogen-bond acceptors (Lipinski definition) is 7. The number of aliphatic hydroxyl groups is 1. The predicted molar refractivity (Wildman–Crippen MR) is 80.5 cm³/mol. The molecular formula is C13H16N4O3S. The van der Waals surface area contributed by atoms with Crippen LogP contribution in [0.5, 0.6) is 0 Å². The van der Waals surface area contributed by atoms with E-state index in [-0.39, 0.29) is 18.1 Å². The van der Waals surface area contributed by atoms with Crippen molar-refractivity contribution >= 4 is 22.8 Å². The second kappa shape index (κ2) is 6.59. The van der Waals surface area contributed by atoms with E-state index >= 15 is 0 Å². The van der Waals surface area contributed by atoms with Gasteiger partial charge in [-0.15, -0.1) is 11.3 Å². The average Bonchev–Trinajstić information content (AvgIpc) is 2.94. The van der Waals surface area contributed by atoms with Gasteiger partial charge < -0.3 is 10.4 Å². The van der Waals surface area contributed by atoms with Crippen molar-refractivity contribution in [3.63, 3.8) is 0 Å². The number of rotatable bonds is 6. The second-order valence-electron chi connectivity index (χ2n) is 4.77. The fourth-order valence-electron chi connectivity index (χ4n) is 1.76. The third kappa shape index (κ3) is 3.53. The lowest BCUT2D eigenvalue weighted by atomic mass is 10.2. The zero-order chi connectivity index (χ0) is 15.4. The maximum atomic E-state index is 11.0. The van der Waals surface area contributed by atoms with E-state index in [1.807, 2.05) is 19.2 Å². The number of nitrogens with zero attached hydrogens (tertiary/aromatic N) is 3. The SMILES string of the molecule is CC(C)c1nc(C(CO)Nc2ncccc2[N+](=O)[O-])cs1. The molecule has 0 radical (unpaired) electrons. The van der Waals surface area contributed by atoms with Gasteiger partial charge in [0, 0.05) is 23.6 Å². The van der Waals surface area contributed by atoms with Gasteiger partial charge in [0.15, 0.2) is 0 Å². The Hall–Kier alpha value is -2.06. The molecule has 0 saturated carbocycles. The summed E-state index contributed by atoms with van der Waals surface area (Å²) in [6.07, 6.45) is 1.46. The molecule has 0 amide bonds. The highest BCUT2D eigenvalue weighted by molar-refractivity contribution is 7.09. The molecule has 1 unspecified atom stereocenters. The molecule has 2 aromatic rings. The molecular weight excluding hydrogens is 292 g/mol. The molecule has 0 aliphatic carbocycles. The summed E-state index contributed by atoms with van der Waals surface area (Å²) in [5.74, 6) is 0.424. The number of thiazole rings is 1. The maximum Gasteiger partial charge on any atom is 0.311 e. The lowest BCUT2D eigenvalue weighted by Gasteiger charge is -2.14. The summed E-state index contributed by atoms with van der Waals surface area (Å²) in [4.78, 5) is 18.9. The average molecular weight is 308 g/mol. The zero-order valence-electron chi connectivity index (χ0n) is 11.7. The van der Waals surface area contributed by atoms with Crippen molar-refractivity contribution in [3.8, 4) is 0 Å². The molecule has 0 saturated heterocycles. The molecule has 0 spiro atoms. The minimum Gasteiger partial charge on any atom is -0.394 e. The lowest BCUT2D eigenvalue weighted by Crippen LogP contribution is -2.17. The van der Waals surface area contributed by atoms with Gasteiger partial charge in [-0.05, 0) is 6.07 Å². The Morgan fingerprint density at radius 3 is 2.86 bits per heavy atom. The van der Waals surface area contributed by atoms with Crippen LogP contribution >= 0.6 is 11.3 Å². The standard InChI is InChI=1S/C13H16N4O3S/c1-8(2)13-16-10(7-21-13)9(6-18)15-12-11(17(19)20)4-3-5-14-12/h3-5,7-9,18H,6H2,1-2H3,(H,14,15). The third-order valence-electron chi connectivity index (χ3n) is 2.87. The van der Waals surface area contributed by atoms with Gasteiger partial charge in [-0.3, -0.25) is 10.1 Å². The molecule has 0 fully saturated rings. The maximum absolute atomic E-state index is 11.0. The van der Waals surface area contributed by atoms with Gasteiger partial charge in [0.2, 0.25) is 5.82 Å². The first-order valence-corrected chi connectivity index (χ1v) is 7.33. The molecule has 2 N–H and O–H groups in total. The van der Waals surface area contributed by atoms with Crippen LogP contribution in [0.2, 0.25) is 0 Å². The van der Waals surface area contributed by atoms with Crippen LogP contribution in [-0.4, -0.2) is 26.6 Å². The topological polar surface area (TPSA) is 101 Å². The Labute approximate surface area is 125 Å². The number of aromatic nitrogens is 2. The first kappa shape index (κ1) is 15.3. The van der Waals surface area contributed by atoms with Crippen LogP contribution in [0.4, 0.5) is 11.5 Å². The van der Waals surface area contributed by atoms with Crippen molar-refractivity contribution in [1.29, 1.82) is 0 Å². The molecule has 1 atom stereocenters. The van der Waals surface area contributed by atoms with Crippen LogP contribution in [0.3, 0.4) is 0 Å². The monoisotopic (exact) mass is 308 g/mol. The molecule has 0 aliphatic rings. The van der Waals surface area contributed by atoms with Gasteiger partial charge in [-0.1, -0.05) is 13.8 Å². The number of nitro groups is 1.